The largest absolute Gasteiger partial charge is 0.477 e. The summed E-state index contributed by atoms with van der Waals surface area (Å²) in [6.07, 6.45) is 1.25. The fourth-order valence-electron chi connectivity index (χ4n) is 2.59. The summed E-state index contributed by atoms with van der Waals surface area (Å²) in [6.45, 7) is 4.96. The number of nitrogens with one attached hydrogen (secondary N) is 2. The molecule has 2 aromatic rings. The van der Waals surface area contributed by atoms with Crippen molar-refractivity contribution in [3.05, 3.63) is 27.2 Å². The Bertz CT molecular complexity index is 812. The van der Waals surface area contributed by atoms with Gasteiger partial charge in [-0.05, 0) is 12.8 Å². The number of aromatic nitrogens is 3. The molecule has 3 heterocycles. The number of hydrogen-bond donors (Lipinski definition) is 3. The zero-order valence-electron chi connectivity index (χ0n) is 13.8. The first kappa shape index (κ1) is 17.7. The first-order valence-corrected chi connectivity index (χ1v) is 9.15. The molecule has 134 valence electrons. The Labute approximate surface area is 153 Å². The van der Waals surface area contributed by atoms with Crippen LogP contribution in [0.2, 0.25) is 5.15 Å². The number of aryl methyl sites for hydroxylation is 2. The molecule has 0 spiro atoms. The van der Waals surface area contributed by atoms with Gasteiger partial charge < -0.3 is 20.3 Å². The highest BCUT2D eigenvalue weighted by atomic mass is 35.5. The number of hydrogen-bond acceptors (Lipinski definition) is 6. The van der Waals surface area contributed by atoms with Gasteiger partial charge >= 0.3 is 5.97 Å². The molecule has 1 aliphatic rings. The van der Waals surface area contributed by atoms with Crippen molar-refractivity contribution in [3.8, 4) is 0 Å². The number of imidazole rings is 1. The fourth-order valence-corrected chi connectivity index (χ4v) is 3.87. The third-order valence-corrected chi connectivity index (χ3v) is 5.46. The van der Waals surface area contributed by atoms with E-state index in [0.29, 0.717) is 41.9 Å². The van der Waals surface area contributed by atoms with Gasteiger partial charge in [0.15, 0.2) is 16.1 Å². The highest BCUT2D eigenvalue weighted by Crippen LogP contribution is 2.30. The Hall–Kier alpha value is -2.13. The smallest absolute Gasteiger partial charge is 0.347 e. The van der Waals surface area contributed by atoms with Crippen LogP contribution in [-0.2, 0) is 12.8 Å². The topological polar surface area (TPSA) is 111 Å². The molecule has 0 aliphatic carbocycles. The number of nitrogens with zero attached hydrogens (tertiary/aromatic N) is 3. The monoisotopic (exact) mass is 383 g/mol. The highest BCUT2D eigenvalue weighted by Gasteiger charge is 2.32. The SMILES string of the molecule is CCc1nc(N2CC(NC(=O)c3nc(Cl)c(CC)[nH]3)C2)sc1C(=O)O. The van der Waals surface area contributed by atoms with Crippen molar-refractivity contribution in [2.75, 3.05) is 18.0 Å². The molecule has 1 fully saturated rings. The second-order valence-electron chi connectivity index (χ2n) is 5.71. The molecule has 0 unspecified atom stereocenters. The summed E-state index contributed by atoms with van der Waals surface area (Å²) in [7, 11) is 0. The Kier molecular flexibility index (Phi) is 4.96. The number of carboxylic acid groups (broad SMARTS) is 1. The van der Waals surface area contributed by atoms with Crippen LogP contribution < -0.4 is 10.2 Å². The molecular formula is C15H18ClN5O3S. The number of aromatic amines is 1. The van der Waals surface area contributed by atoms with Gasteiger partial charge in [-0.15, -0.1) is 0 Å². The van der Waals surface area contributed by atoms with Gasteiger partial charge in [-0.2, -0.15) is 0 Å². The zero-order valence-corrected chi connectivity index (χ0v) is 15.4. The van der Waals surface area contributed by atoms with Gasteiger partial charge in [0.2, 0.25) is 0 Å². The Morgan fingerprint density at radius 1 is 1.36 bits per heavy atom. The highest BCUT2D eigenvalue weighted by molar-refractivity contribution is 7.17. The number of rotatable bonds is 6. The van der Waals surface area contributed by atoms with Gasteiger partial charge in [0.1, 0.15) is 4.88 Å². The average Bonchev–Trinajstić information content (AvgIpc) is 3.13. The quantitative estimate of drug-likeness (QED) is 0.703. The van der Waals surface area contributed by atoms with Crippen LogP contribution in [0.5, 0.6) is 0 Å². The summed E-state index contributed by atoms with van der Waals surface area (Å²) in [5, 5.41) is 13.1. The molecule has 3 rings (SSSR count). The van der Waals surface area contributed by atoms with E-state index in [9.17, 15) is 14.7 Å². The maximum atomic E-state index is 12.2. The van der Waals surface area contributed by atoms with Crippen LogP contribution in [0.4, 0.5) is 5.13 Å². The van der Waals surface area contributed by atoms with Gasteiger partial charge in [-0.3, -0.25) is 4.79 Å². The van der Waals surface area contributed by atoms with E-state index in [-0.39, 0.29) is 22.7 Å². The lowest BCUT2D eigenvalue weighted by Crippen LogP contribution is -2.59. The lowest BCUT2D eigenvalue weighted by atomic mass is 10.1. The first-order chi connectivity index (χ1) is 11.9. The van der Waals surface area contributed by atoms with E-state index in [1.165, 1.54) is 11.3 Å². The second-order valence-corrected chi connectivity index (χ2v) is 7.05. The first-order valence-electron chi connectivity index (χ1n) is 7.96. The number of H-pyrrole nitrogens is 1. The van der Waals surface area contributed by atoms with Crippen molar-refractivity contribution in [2.45, 2.75) is 32.7 Å². The average molecular weight is 384 g/mol. The van der Waals surface area contributed by atoms with Crippen LogP contribution in [0.25, 0.3) is 0 Å². The van der Waals surface area contributed by atoms with Crippen LogP contribution >= 0.6 is 22.9 Å². The molecule has 0 bridgehead atoms. The third kappa shape index (κ3) is 3.47. The number of carbonyl (C=O) groups is 2. The van der Waals surface area contributed by atoms with E-state index >= 15 is 0 Å². The molecule has 1 aliphatic heterocycles. The van der Waals surface area contributed by atoms with Crippen molar-refractivity contribution >= 4 is 39.9 Å². The molecule has 0 atom stereocenters. The molecule has 25 heavy (non-hydrogen) atoms. The molecule has 3 N–H and O–H groups in total. The molecule has 0 radical (unpaired) electrons. The number of halogens is 1. The lowest BCUT2D eigenvalue weighted by Gasteiger charge is -2.39. The molecule has 1 amide bonds. The zero-order chi connectivity index (χ0) is 18.1. The molecule has 2 aromatic heterocycles. The van der Waals surface area contributed by atoms with E-state index in [4.69, 9.17) is 11.6 Å². The van der Waals surface area contributed by atoms with Crippen molar-refractivity contribution in [3.63, 3.8) is 0 Å². The molecule has 10 heteroatoms. The number of carbonyl (C=O) groups excluding carboxylic acids is 1. The predicted molar refractivity (Wildman–Crippen MR) is 94.9 cm³/mol. The minimum atomic E-state index is -0.951. The second kappa shape index (κ2) is 7.01. The van der Waals surface area contributed by atoms with Gasteiger partial charge in [-0.1, -0.05) is 36.8 Å². The van der Waals surface area contributed by atoms with E-state index in [1.807, 2.05) is 18.7 Å². The summed E-state index contributed by atoms with van der Waals surface area (Å²) in [5.41, 5.74) is 1.33. The van der Waals surface area contributed by atoms with Crippen molar-refractivity contribution in [1.82, 2.24) is 20.3 Å². The standard InChI is InChI=1S/C15H18ClN5O3S/c1-3-8-10(14(23)24)25-15(19-8)21-5-7(6-21)17-13(22)12-18-9(4-2)11(16)20-12/h7H,3-6H2,1-2H3,(H,17,22)(H,18,20)(H,23,24). The number of thiazole rings is 1. The van der Waals surface area contributed by atoms with Crippen molar-refractivity contribution < 1.29 is 14.7 Å². The summed E-state index contributed by atoms with van der Waals surface area (Å²) < 4.78 is 0. The molecule has 0 saturated carbocycles. The Morgan fingerprint density at radius 3 is 2.60 bits per heavy atom. The number of carboxylic acids is 1. The van der Waals surface area contributed by atoms with E-state index in [2.05, 4.69) is 20.3 Å². The van der Waals surface area contributed by atoms with Crippen LogP contribution in [0.3, 0.4) is 0 Å². The molecular weight excluding hydrogens is 366 g/mol. The fraction of sp³-hybridized carbons (Fsp3) is 0.467. The number of anilines is 1. The van der Waals surface area contributed by atoms with E-state index in [0.717, 1.165) is 5.69 Å². The summed E-state index contributed by atoms with van der Waals surface area (Å²) in [4.78, 5) is 37.0. The van der Waals surface area contributed by atoms with Crippen molar-refractivity contribution in [1.29, 1.82) is 0 Å². The van der Waals surface area contributed by atoms with Gasteiger partial charge in [0, 0.05) is 13.1 Å². The van der Waals surface area contributed by atoms with Crippen LogP contribution in [0, 0.1) is 0 Å². The van der Waals surface area contributed by atoms with Gasteiger partial charge in [-0.25, -0.2) is 14.8 Å². The maximum absolute atomic E-state index is 12.2. The van der Waals surface area contributed by atoms with Crippen molar-refractivity contribution in [2.24, 2.45) is 0 Å². The number of aromatic carboxylic acids is 1. The summed E-state index contributed by atoms with van der Waals surface area (Å²) in [6, 6.07) is -0.0382. The van der Waals surface area contributed by atoms with E-state index < -0.39 is 5.97 Å². The van der Waals surface area contributed by atoms with Gasteiger partial charge in [0.05, 0.1) is 17.4 Å². The summed E-state index contributed by atoms with van der Waals surface area (Å²) >= 11 is 7.12. The minimum Gasteiger partial charge on any atom is -0.477 e. The summed E-state index contributed by atoms with van der Waals surface area (Å²) in [5.74, 6) is -1.05. The lowest BCUT2D eigenvalue weighted by molar-refractivity contribution is 0.0700. The van der Waals surface area contributed by atoms with Crippen LogP contribution in [0.1, 0.15) is 45.5 Å². The molecule has 1 saturated heterocycles. The normalized spacial score (nSPS) is 14.4. The third-order valence-electron chi connectivity index (χ3n) is 4.00. The number of amides is 1. The molecule has 0 aromatic carbocycles. The van der Waals surface area contributed by atoms with Crippen LogP contribution in [0.15, 0.2) is 0 Å². The maximum Gasteiger partial charge on any atom is 0.347 e. The van der Waals surface area contributed by atoms with Crippen LogP contribution in [-0.4, -0.2) is 51.1 Å². The van der Waals surface area contributed by atoms with E-state index in [1.54, 1.807) is 0 Å². The Morgan fingerprint density at radius 2 is 2.08 bits per heavy atom. The van der Waals surface area contributed by atoms with Gasteiger partial charge in [0.25, 0.3) is 5.91 Å². The predicted octanol–water partition coefficient (Wildman–Crippen LogP) is 1.96. The minimum absolute atomic E-state index is 0.0382. The Balaban J connectivity index is 1.59. The molecule has 8 nitrogen and oxygen atoms in total.